The van der Waals surface area contributed by atoms with Crippen molar-refractivity contribution in [1.29, 1.82) is 0 Å². The van der Waals surface area contributed by atoms with Crippen LogP contribution >= 0.6 is 11.8 Å². The molecule has 16 heavy (non-hydrogen) atoms. The number of hydrogen-bond donors (Lipinski definition) is 1. The van der Waals surface area contributed by atoms with Gasteiger partial charge in [0, 0.05) is 10.6 Å². The lowest BCUT2D eigenvalue weighted by atomic mass is 10.0. The molecule has 1 atom stereocenters. The zero-order valence-electron chi connectivity index (χ0n) is 9.23. The lowest BCUT2D eigenvalue weighted by molar-refractivity contribution is 0.133. The molecular formula is C13H17FOS. The minimum atomic E-state index is -0.240. The molecule has 2 rings (SSSR count). The van der Waals surface area contributed by atoms with Crippen molar-refractivity contribution in [3.05, 3.63) is 30.1 Å². The molecule has 1 saturated carbocycles. The van der Waals surface area contributed by atoms with Gasteiger partial charge in [0.15, 0.2) is 0 Å². The zero-order valence-corrected chi connectivity index (χ0v) is 10.0. The summed E-state index contributed by atoms with van der Waals surface area (Å²) in [7, 11) is 0. The molecule has 1 N–H and O–H groups in total. The van der Waals surface area contributed by atoms with Crippen LogP contribution in [-0.2, 0) is 0 Å². The number of aliphatic hydroxyl groups is 1. The fourth-order valence-corrected chi connectivity index (χ4v) is 3.22. The molecule has 0 aromatic heterocycles. The summed E-state index contributed by atoms with van der Waals surface area (Å²) in [6.07, 6.45) is 4.53. The third-order valence-electron chi connectivity index (χ3n) is 3.16. The zero-order chi connectivity index (χ0) is 11.4. The molecule has 1 aliphatic carbocycles. The van der Waals surface area contributed by atoms with Gasteiger partial charge in [0.25, 0.3) is 0 Å². The molecule has 88 valence electrons. The maximum atomic E-state index is 12.9. The van der Waals surface area contributed by atoms with Crippen molar-refractivity contribution in [2.24, 2.45) is 5.92 Å². The standard InChI is InChI=1S/C13H17FOS/c14-11-6-3-7-12(8-11)16-9-13(15)10-4-1-2-5-10/h3,6-8,10,13,15H,1-2,4-5,9H2. The summed E-state index contributed by atoms with van der Waals surface area (Å²) < 4.78 is 12.9. The van der Waals surface area contributed by atoms with Gasteiger partial charge in [-0.3, -0.25) is 0 Å². The lowest BCUT2D eigenvalue weighted by Gasteiger charge is -2.16. The highest BCUT2D eigenvalue weighted by atomic mass is 32.2. The molecule has 1 aromatic carbocycles. The van der Waals surface area contributed by atoms with Crippen LogP contribution in [0.15, 0.2) is 29.2 Å². The average Bonchev–Trinajstić information content (AvgIpc) is 2.79. The van der Waals surface area contributed by atoms with Crippen molar-refractivity contribution in [3.63, 3.8) is 0 Å². The summed E-state index contributed by atoms with van der Waals surface area (Å²) in [5.74, 6) is 0.926. The highest BCUT2D eigenvalue weighted by Gasteiger charge is 2.22. The first kappa shape index (κ1) is 11.9. The van der Waals surface area contributed by atoms with Gasteiger partial charge in [-0.2, -0.15) is 0 Å². The van der Waals surface area contributed by atoms with Crippen molar-refractivity contribution in [2.75, 3.05) is 5.75 Å². The highest BCUT2D eigenvalue weighted by Crippen LogP contribution is 2.30. The van der Waals surface area contributed by atoms with Gasteiger partial charge in [0.2, 0.25) is 0 Å². The van der Waals surface area contributed by atoms with E-state index in [1.54, 1.807) is 6.07 Å². The maximum Gasteiger partial charge on any atom is 0.124 e. The van der Waals surface area contributed by atoms with Gasteiger partial charge >= 0.3 is 0 Å². The number of thioether (sulfide) groups is 1. The van der Waals surface area contributed by atoms with Crippen molar-refractivity contribution < 1.29 is 9.50 Å². The Hall–Kier alpha value is -0.540. The van der Waals surface area contributed by atoms with Crippen molar-refractivity contribution in [3.8, 4) is 0 Å². The largest absolute Gasteiger partial charge is 0.392 e. The second kappa shape index (κ2) is 5.69. The first-order valence-electron chi connectivity index (χ1n) is 5.82. The number of rotatable bonds is 4. The van der Waals surface area contributed by atoms with Gasteiger partial charge in [-0.05, 0) is 37.0 Å². The number of halogens is 1. The molecule has 1 unspecified atom stereocenters. The van der Waals surface area contributed by atoms with E-state index in [-0.39, 0.29) is 11.9 Å². The van der Waals surface area contributed by atoms with Crippen LogP contribution in [0.3, 0.4) is 0 Å². The molecule has 0 saturated heterocycles. The minimum absolute atomic E-state index is 0.208. The Morgan fingerprint density at radius 1 is 1.38 bits per heavy atom. The Morgan fingerprint density at radius 3 is 2.81 bits per heavy atom. The van der Waals surface area contributed by atoms with E-state index in [9.17, 15) is 9.50 Å². The third kappa shape index (κ3) is 3.22. The van der Waals surface area contributed by atoms with E-state index in [1.165, 1.54) is 36.7 Å². The Morgan fingerprint density at radius 2 is 2.12 bits per heavy atom. The van der Waals surface area contributed by atoms with Gasteiger partial charge in [-0.15, -0.1) is 11.8 Å². The van der Waals surface area contributed by atoms with Crippen LogP contribution in [0.5, 0.6) is 0 Å². The monoisotopic (exact) mass is 240 g/mol. The van der Waals surface area contributed by atoms with Gasteiger partial charge in [0.05, 0.1) is 6.10 Å². The highest BCUT2D eigenvalue weighted by molar-refractivity contribution is 7.99. The first-order valence-corrected chi connectivity index (χ1v) is 6.81. The summed E-state index contributed by atoms with van der Waals surface area (Å²) in [6, 6.07) is 6.55. The summed E-state index contributed by atoms with van der Waals surface area (Å²) in [4.78, 5) is 0.900. The first-order chi connectivity index (χ1) is 7.75. The number of aliphatic hydroxyl groups excluding tert-OH is 1. The van der Waals surface area contributed by atoms with Crippen LogP contribution in [-0.4, -0.2) is 17.0 Å². The molecule has 1 nitrogen and oxygen atoms in total. The molecule has 0 spiro atoms. The Balaban J connectivity index is 1.82. The molecule has 0 amide bonds. The fraction of sp³-hybridized carbons (Fsp3) is 0.538. The summed E-state index contributed by atoms with van der Waals surface area (Å²) in [5.41, 5.74) is 0. The average molecular weight is 240 g/mol. The molecule has 0 aliphatic heterocycles. The quantitative estimate of drug-likeness (QED) is 0.813. The van der Waals surface area contributed by atoms with Crippen LogP contribution in [0, 0.1) is 11.7 Å². The number of benzene rings is 1. The maximum absolute atomic E-state index is 12.9. The van der Waals surface area contributed by atoms with E-state index in [4.69, 9.17) is 0 Å². The Kier molecular flexibility index (Phi) is 4.24. The molecule has 1 aliphatic rings. The van der Waals surface area contributed by atoms with E-state index >= 15 is 0 Å². The second-order valence-electron chi connectivity index (χ2n) is 4.38. The van der Waals surface area contributed by atoms with E-state index in [1.807, 2.05) is 6.07 Å². The normalized spacial score (nSPS) is 18.9. The van der Waals surface area contributed by atoms with Crippen LogP contribution in [0.1, 0.15) is 25.7 Å². The number of hydrogen-bond acceptors (Lipinski definition) is 2. The summed E-state index contributed by atoms with van der Waals surface area (Å²) in [5, 5.41) is 9.96. The van der Waals surface area contributed by atoms with Crippen molar-refractivity contribution in [2.45, 2.75) is 36.7 Å². The van der Waals surface area contributed by atoms with Crippen LogP contribution < -0.4 is 0 Å². The molecule has 0 heterocycles. The SMILES string of the molecule is OC(CSc1cccc(F)c1)C1CCCC1. The van der Waals surface area contributed by atoms with Crippen molar-refractivity contribution >= 4 is 11.8 Å². The predicted octanol–water partition coefficient (Wildman–Crippen LogP) is 3.47. The Labute approximate surface area is 100 Å². The van der Waals surface area contributed by atoms with Gasteiger partial charge in [-0.25, -0.2) is 4.39 Å². The minimum Gasteiger partial charge on any atom is -0.392 e. The van der Waals surface area contributed by atoms with E-state index in [2.05, 4.69) is 0 Å². The molecule has 1 fully saturated rings. The smallest absolute Gasteiger partial charge is 0.124 e. The molecule has 0 bridgehead atoms. The van der Waals surface area contributed by atoms with Gasteiger partial charge in [0.1, 0.15) is 5.82 Å². The van der Waals surface area contributed by atoms with Crippen LogP contribution in [0.4, 0.5) is 4.39 Å². The fourth-order valence-electron chi connectivity index (χ4n) is 2.22. The Bertz CT molecular complexity index is 336. The van der Waals surface area contributed by atoms with E-state index < -0.39 is 0 Å². The topological polar surface area (TPSA) is 20.2 Å². The second-order valence-corrected chi connectivity index (χ2v) is 5.47. The lowest BCUT2D eigenvalue weighted by Crippen LogP contribution is -2.20. The molecular weight excluding hydrogens is 223 g/mol. The molecule has 1 aromatic rings. The predicted molar refractivity (Wildman–Crippen MR) is 65.1 cm³/mol. The van der Waals surface area contributed by atoms with Crippen molar-refractivity contribution in [1.82, 2.24) is 0 Å². The van der Waals surface area contributed by atoms with Gasteiger partial charge in [-0.1, -0.05) is 18.9 Å². The van der Waals surface area contributed by atoms with Gasteiger partial charge < -0.3 is 5.11 Å². The molecule has 3 heteroatoms. The molecule has 0 radical (unpaired) electrons. The third-order valence-corrected chi connectivity index (χ3v) is 4.26. The van der Waals surface area contributed by atoms with Crippen LogP contribution in [0.2, 0.25) is 0 Å². The van der Waals surface area contributed by atoms with E-state index in [0.717, 1.165) is 17.7 Å². The summed E-state index contributed by atoms with van der Waals surface area (Å²) >= 11 is 1.54. The van der Waals surface area contributed by atoms with Crippen LogP contribution in [0.25, 0.3) is 0 Å². The summed E-state index contributed by atoms with van der Waals surface area (Å²) in [6.45, 7) is 0. The van der Waals surface area contributed by atoms with E-state index in [0.29, 0.717) is 11.7 Å².